The van der Waals surface area contributed by atoms with Crippen LogP contribution in [0.1, 0.15) is 5.69 Å². The number of aryl methyl sites for hydroxylation is 1. The van der Waals surface area contributed by atoms with Crippen molar-refractivity contribution >= 4 is 44.0 Å². The minimum atomic E-state index is 0.200. The number of phenolic OH excluding ortho intramolecular Hbond substituents is 1. The normalized spacial score (nSPS) is 11.5. The fourth-order valence-corrected chi connectivity index (χ4v) is 8.74. The van der Waals surface area contributed by atoms with Crippen LogP contribution in [0.4, 0.5) is 0 Å². The van der Waals surface area contributed by atoms with Crippen LogP contribution in [0.3, 0.4) is 0 Å². The second-order valence-corrected chi connectivity index (χ2v) is 14.6. The lowest BCUT2D eigenvalue weighted by Gasteiger charge is -2.12. The molecule has 0 fully saturated rings. The number of aromatic hydroxyl groups is 1. The molecule has 0 unspecified atom stereocenters. The van der Waals surface area contributed by atoms with E-state index in [0.29, 0.717) is 11.3 Å². The number of aromatic nitrogens is 2. The summed E-state index contributed by atoms with van der Waals surface area (Å²) >= 11 is 1.81. The Morgan fingerprint density at radius 3 is 1.83 bits per heavy atom. The summed E-state index contributed by atoms with van der Waals surface area (Å²) in [7, 11) is 0. The number of rotatable bonds is 6. The Balaban J connectivity index is 1.07. The molecule has 4 aromatic heterocycles. The first-order chi connectivity index (χ1) is 26.6. The maximum atomic E-state index is 10.8. The van der Waals surface area contributed by atoms with Crippen LogP contribution in [-0.4, -0.2) is 15.1 Å². The van der Waals surface area contributed by atoms with Gasteiger partial charge in [-0.3, -0.25) is 4.98 Å². The quantitative estimate of drug-likeness (QED) is 0.186. The fraction of sp³-hybridized carbons (Fsp3) is 0.0204. The standard InChI is InChI=1S/C49H32N2O2S/c1-30-24-36(49-40-18-6-5-17-39(40)48(54-49)34-22-23-38-37-16-8-10-21-46(37)53-47(38)29-34)28-42(50-30)32-14-11-15-33(25-32)43-26-35(31-12-3-2-4-13-31)27-44(51-43)41-19-7-9-20-45(41)52/h2-29,52H,1H3. The summed E-state index contributed by atoms with van der Waals surface area (Å²) < 4.78 is 6.28. The van der Waals surface area contributed by atoms with E-state index in [1.165, 1.54) is 20.5 Å². The van der Waals surface area contributed by atoms with Crippen molar-refractivity contribution in [2.24, 2.45) is 0 Å². The number of furan rings is 1. The van der Waals surface area contributed by atoms with Crippen molar-refractivity contribution in [3.8, 4) is 71.5 Å². The molecule has 0 saturated heterocycles. The lowest BCUT2D eigenvalue weighted by atomic mass is 9.98. The first-order valence-electron chi connectivity index (χ1n) is 17.9. The molecule has 0 aliphatic rings. The van der Waals surface area contributed by atoms with Crippen molar-refractivity contribution in [1.82, 2.24) is 9.97 Å². The summed E-state index contributed by atoms with van der Waals surface area (Å²) in [5.74, 6) is 0.200. The number of benzene rings is 6. The molecule has 10 rings (SSSR count). The largest absolute Gasteiger partial charge is 0.507 e. The number of thiophene rings is 1. The Bertz CT molecular complexity index is 3030. The van der Waals surface area contributed by atoms with Gasteiger partial charge in [0.2, 0.25) is 0 Å². The highest BCUT2D eigenvalue weighted by Crippen LogP contribution is 2.46. The van der Waals surface area contributed by atoms with Gasteiger partial charge >= 0.3 is 0 Å². The maximum Gasteiger partial charge on any atom is 0.136 e. The number of nitrogens with zero attached hydrogens (tertiary/aromatic N) is 2. The van der Waals surface area contributed by atoms with E-state index in [9.17, 15) is 5.11 Å². The Morgan fingerprint density at radius 2 is 1.04 bits per heavy atom. The highest BCUT2D eigenvalue weighted by atomic mass is 32.1. The predicted molar refractivity (Wildman–Crippen MR) is 224 cm³/mol. The topological polar surface area (TPSA) is 59.2 Å². The highest BCUT2D eigenvalue weighted by molar-refractivity contribution is 7.21. The van der Waals surface area contributed by atoms with E-state index >= 15 is 0 Å². The highest BCUT2D eigenvalue weighted by Gasteiger charge is 2.18. The lowest BCUT2D eigenvalue weighted by Crippen LogP contribution is -1.93. The van der Waals surface area contributed by atoms with Gasteiger partial charge in [0, 0.05) is 53.7 Å². The van der Waals surface area contributed by atoms with Crippen LogP contribution in [0.15, 0.2) is 174 Å². The zero-order valence-corrected chi connectivity index (χ0v) is 30.1. The van der Waals surface area contributed by atoms with Gasteiger partial charge in [0.25, 0.3) is 0 Å². The molecule has 0 amide bonds. The minimum Gasteiger partial charge on any atom is -0.507 e. The zero-order chi connectivity index (χ0) is 36.2. The third-order valence-corrected chi connectivity index (χ3v) is 11.4. The molecule has 0 atom stereocenters. The minimum absolute atomic E-state index is 0.200. The number of hydrogen-bond donors (Lipinski definition) is 1. The summed E-state index contributed by atoms with van der Waals surface area (Å²) in [4.78, 5) is 12.6. The molecule has 4 nitrogen and oxygen atoms in total. The molecule has 10 aromatic rings. The number of phenols is 1. The average Bonchev–Trinajstić information content (AvgIpc) is 3.80. The molecule has 256 valence electrons. The van der Waals surface area contributed by atoms with E-state index in [1.54, 1.807) is 6.07 Å². The van der Waals surface area contributed by atoms with Crippen LogP contribution in [0.25, 0.3) is 98.5 Å². The monoisotopic (exact) mass is 712 g/mol. The Kier molecular flexibility index (Phi) is 7.67. The molecule has 5 heteroatoms. The molecule has 0 radical (unpaired) electrons. The molecule has 0 spiro atoms. The Hall–Kier alpha value is -6.82. The van der Waals surface area contributed by atoms with Crippen LogP contribution < -0.4 is 0 Å². The van der Waals surface area contributed by atoms with Crippen molar-refractivity contribution < 1.29 is 9.52 Å². The van der Waals surface area contributed by atoms with Crippen molar-refractivity contribution in [1.29, 1.82) is 0 Å². The van der Waals surface area contributed by atoms with E-state index in [4.69, 9.17) is 14.4 Å². The molecule has 0 bridgehead atoms. The number of para-hydroxylation sites is 2. The van der Waals surface area contributed by atoms with Crippen molar-refractivity contribution in [3.63, 3.8) is 0 Å². The van der Waals surface area contributed by atoms with E-state index in [1.807, 2.05) is 65.9 Å². The molecule has 0 aliphatic heterocycles. The van der Waals surface area contributed by atoms with Gasteiger partial charge in [0.15, 0.2) is 0 Å². The zero-order valence-electron chi connectivity index (χ0n) is 29.3. The van der Waals surface area contributed by atoms with Gasteiger partial charge < -0.3 is 9.52 Å². The summed E-state index contributed by atoms with van der Waals surface area (Å²) in [6.45, 7) is 2.06. The van der Waals surface area contributed by atoms with Gasteiger partial charge in [-0.05, 0) is 89.8 Å². The van der Waals surface area contributed by atoms with Gasteiger partial charge in [-0.1, -0.05) is 109 Å². The van der Waals surface area contributed by atoms with Crippen LogP contribution in [0, 0.1) is 6.92 Å². The molecular formula is C49H32N2O2S. The van der Waals surface area contributed by atoms with Gasteiger partial charge in [0.05, 0.1) is 17.1 Å². The molecule has 4 heterocycles. The molecule has 54 heavy (non-hydrogen) atoms. The van der Waals surface area contributed by atoms with Gasteiger partial charge in [-0.15, -0.1) is 11.3 Å². The Labute approximate surface area is 316 Å². The molecule has 0 aliphatic carbocycles. The second-order valence-electron chi connectivity index (χ2n) is 13.6. The van der Waals surface area contributed by atoms with E-state index in [0.717, 1.165) is 72.4 Å². The van der Waals surface area contributed by atoms with Crippen LogP contribution in [0.2, 0.25) is 0 Å². The van der Waals surface area contributed by atoms with Crippen LogP contribution >= 0.6 is 11.3 Å². The number of pyridine rings is 2. The number of fused-ring (bicyclic) bond motifs is 4. The predicted octanol–water partition coefficient (Wildman–Crippen LogP) is 13.6. The molecule has 0 saturated carbocycles. The smallest absolute Gasteiger partial charge is 0.136 e. The van der Waals surface area contributed by atoms with Gasteiger partial charge in [-0.2, -0.15) is 0 Å². The number of hydrogen-bond acceptors (Lipinski definition) is 5. The Morgan fingerprint density at radius 1 is 0.426 bits per heavy atom. The van der Waals surface area contributed by atoms with Crippen LogP contribution in [-0.2, 0) is 0 Å². The lowest BCUT2D eigenvalue weighted by molar-refractivity contribution is 0.477. The van der Waals surface area contributed by atoms with E-state index in [2.05, 4.69) is 116 Å². The SMILES string of the molecule is Cc1cc(-c2sc(-c3ccc4c(c3)oc3ccccc34)c3ccccc23)cc(-c2cccc(-c3cc(-c4ccccc4)cc(-c4ccccc4O)n3)c2)n1. The van der Waals surface area contributed by atoms with Crippen molar-refractivity contribution in [2.75, 3.05) is 0 Å². The first-order valence-corrected chi connectivity index (χ1v) is 18.8. The average molecular weight is 713 g/mol. The third kappa shape index (κ3) is 5.63. The third-order valence-electron chi connectivity index (χ3n) is 10.0. The van der Waals surface area contributed by atoms with E-state index in [-0.39, 0.29) is 5.75 Å². The summed E-state index contributed by atoms with van der Waals surface area (Å²) in [5.41, 5.74) is 12.2. The fourth-order valence-electron chi connectivity index (χ4n) is 7.48. The summed E-state index contributed by atoms with van der Waals surface area (Å²) in [5, 5.41) is 15.5. The molecular weight excluding hydrogens is 681 g/mol. The molecule has 1 N–H and O–H groups in total. The first kappa shape index (κ1) is 31.9. The second kappa shape index (κ2) is 13.0. The maximum absolute atomic E-state index is 10.8. The van der Waals surface area contributed by atoms with Crippen LogP contribution in [0.5, 0.6) is 5.75 Å². The molecule has 6 aromatic carbocycles. The summed E-state index contributed by atoms with van der Waals surface area (Å²) in [6.07, 6.45) is 0. The van der Waals surface area contributed by atoms with Crippen molar-refractivity contribution in [3.05, 3.63) is 176 Å². The van der Waals surface area contributed by atoms with Gasteiger partial charge in [-0.25, -0.2) is 4.98 Å². The van der Waals surface area contributed by atoms with Crippen molar-refractivity contribution in [2.45, 2.75) is 6.92 Å². The summed E-state index contributed by atoms with van der Waals surface area (Å²) in [6, 6.07) is 58.1. The van der Waals surface area contributed by atoms with Gasteiger partial charge in [0.1, 0.15) is 16.9 Å². The van der Waals surface area contributed by atoms with E-state index < -0.39 is 0 Å².